The lowest BCUT2D eigenvalue weighted by atomic mass is 9.84. The number of nitrogens with one attached hydrogen (secondary N) is 2. The van der Waals surface area contributed by atoms with Gasteiger partial charge in [-0.3, -0.25) is 19.7 Å². The summed E-state index contributed by atoms with van der Waals surface area (Å²) in [6, 6.07) is 9.44. The zero-order valence-corrected chi connectivity index (χ0v) is 18.3. The van der Waals surface area contributed by atoms with E-state index in [-0.39, 0.29) is 24.5 Å². The lowest BCUT2D eigenvalue weighted by Gasteiger charge is -2.37. The van der Waals surface area contributed by atoms with Crippen molar-refractivity contribution in [2.45, 2.75) is 51.1 Å². The van der Waals surface area contributed by atoms with Gasteiger partial charge in [0.15, 0.2) is 0 Å². The maximum absolute atomic E-state index is 13.7. The molecule has 1 aromatic carbocycles. The number of morpholine rings is 1. The van der Waals surface area contributed by atoms with Crippen molar-refractivity contribution in [3.05, 3.63) is 35.9 Å². The van der Waals surface area contributed by atoms with E-state index in [9.17, 15) is 14.4 Å². The third-order valence-corrected chi connectivity index (χ3v) is 6.36. The SMILES string of the molecule is CCCN(C(=O)C(CNC(=O)C1(C(N)=O)CCCC1)c1ccccc1)C1COCCN1. The number of primary amides is 1. The van der Waals surface area contributed by atoms with E-state index in [2.05, 4.69) is 10.6 Å². The van der Waals surface area contributed by atoms with Crippen molar-refractivity contribution in [1.29, 1.82) is 0 Å². The fourth-order valence-corrected chi connectivity index (χ4v) is 4.57. The summed E-state index contributed by atoms with van der Waals surface area (Å²) in [5, 5.41) is 6.24. The summed E-state index contributed by atoms with van der Waals surface area (Å²) in [5.74, 6) is -1.59. The van der Waals surface area contributed by atoms with Crippen LogP contribution in [0.25, 0.3) is 0 Å². The summed E-state index contributed by atoms with van der Waals surface area (Å²) < 4.78 is 5.57. The molecule has 3 rings (SSSR count). The van der Waals surface area contributed by atoms with Crippen LogP contribution in [0, 0.1) is 5.41 Å². The molecule has 0 radical (unpaired) electrons. The molecule has 0 bridgehead atoms. The molecule has 4 N–H and O–H groups in total. The Balaban J connectivity index is 1.80. The summed E-state index contributed by atoms with van der Waals surface area (Å²) in [6.07, 6.45) is 3.13. The number of hydrogen-bond donors (Lipinski definition) is 3. The van der Waals surface area contributed by atoms with E-state index in [0.717, 1.165) is 24.8 Å². The molecule has 0 aromatic heterocycles. The minimum atomic E-state index is -1.16. The van der Waals surface area contributed by atoms with Gasteiger partial charge in [-0.05, 0) is 24.8 Å². The second-order valence-electron chi connectivity index (χ2n) is 8.40. The molecular weight excluding hydrogens is 396 g/mol. The zero-order chi connectivity index (χ0) is 22.3. The van der Waals surface area contributed by atoms with Crippen molar-refractivity contribution in [2.75, 3.05) is 32.8 Å². The Hall–Kier alpha value is -2.45. The summed E-state index contributed by atoms with van der Waals surface area (Å²) >= 11 is 0. The average molecular weight is 431 g/mol. The van der Waals surface area contributed by atoms with Crippen LogP contribution >= 0.6 is 0 Å². The van der Waals surface area contributed by atoms with Crippen LogP contribution < -0.4 is 16.4 Å². The van der Waals surface area contributed by atoms with Gasteiger partial charge in [-0.2, -0.15) is 0 Å². The first kappa shape index (κ1) is 23.2. The van der Waals surface area contributed by atoms with Crippen LogP contribution in [0.4, 0.5) is 0 Å². The molecule has 2 atom stereocenters. The number of hydrogen-bond acceptors (Lipinski definition) is 5. The first-order valence-electron chi connectivity index (χ1n) is 11.2. The molecule has 2 unspecified atom stereocenters. The van der Waals surface area contributed by atoms with Gasteiger partial charge < -0.3 is 20.7 Å². The zero-order valence-electron chi connectivity index (χ0n) is 18.3. The average Bonchev–Trinajstić information content (AvgIpc) is 3.30. The van der Waals surface area contributed by atoms with Gasteiger partial charge in [-0.1, -0.05) is 50.1 Å². The molecule has 1 saturated carbocycles. The molecule has 1 heterocycles. The van der Waals surface area contributed by atoms with Crippen molar-refractivity contribution in [1.82, 2.24) is 15.5 Å². The van der Waals surface area contributed by atoms with E-state index in [1.807, 2.05) is 42.2 Å². The Bertz CT molecular complexity index is 758. The summed E-state index contributed by atoms with van der Waals surface area (Å²) in [7, 11) is 0. The molecule has 2 aliphatic rings. The number of nitrogens with two attached hydrogens (primary N) is 1. The van der Waals surface area contributed by atoms with Gasteiger partial charge in [0.25, 0.3) is 0 Å². The van der Waals surface area contributed by atoms with Crippen LogP contribution in [-0.4, -0.2) is 61.6 Å². The number of rotatable bonds is 9. The molecule has 170 valence electrons. The van der Waals surface area contributed by atoms with E-state index in [4.69, 9.17) is 10.5 Å². The standard InChI is InChI=1S/C23H34N4O4/c1-2-13-27(19-16-31-14-12-25-19)20(28)18(17-8-4-3-5-9-17)15-26-22(30)23(21(24)29)10-6-7-11-23/h3-5,8-9,18-19,25H,2,6-7,10-16H2,1H3,(H2,24,29)(H,26,30). The first-order valence-corrected chi connectivity index (χ1v) is 11.2. The van der Waals surface area contributed by atoms with Gasteiger partial charge in [0.1, 0.15) is 11.6 Å². The van der Waals surface area contributed by atoms with Crippen molar-refractivity contribution >= 4 is 17.7 Å². The highest BCUT2D eigenvalue weighted by atomic mass is 16.5. The van der Waals surface area contributed by atoms with Crippen molar-refractivity contribution in [2.24, 2.45) is 11.1 Å². The van der Waals surface area contributed by atoms with Gasteiger partial charge >= 0.3 is 0 Å². The molecule has 31 heavy (non-hydrogen) atoms. The van der Waals surface area contributed by atoms with Crippen LogP contribution in [0.3, 0.4) is 0 Å². The summed E-state index contributed by atoms with van der Waals surface area (Å²) in [5.41, 5.74) is 5.26. The maximum Gasteiger partial charge on any atom is 0.235 e. The molecule has 3 amide bonds. The number of carbonyl (C=O) groups excluding carboxylic acids is 3. The Labute approximate surface area is 183 Å². The minimum Gasteiger partial charge on any atom is -0.377 e. The third-order valence-electron chi connectivity index (χ3n) is 6.36. The van der Waals surface area contributed by atoms with Crippen molar-refractivity contribution < 1.29 is 19.1 Å². The molecular formula is C23H34N4O4. The molecule has 8 heteroatoms. The van der Waals surface area contributed by atoms with E-state index >= 15 is 0 Å². The Morgan fingerprint density at radius 2 is 1.97 bits per heavy atom. The summed E-state index contributed by atoms with van der Waals surface area (Å²) in [6.45, 7) is 4.47. The second-order valence-corrected chi connectivity index (χ2v) is 8.40. The predicted molar refractivity (Wildman–Crippen MR) is 117 cm³/mol. The van der Waals surface area contributed by atoms with Crippen LogP contribution in [-0.2, 0) is 19.1 Å². The van der Waals surface area contributed by atoms with Gasteiger partial charge in [-0.25, -0.2) is 0 Å². The van der Waals surface area contributed by atoms with Crippen LogP contribution in [0.1, 0.15) is 50.5 Å². The Morgan fingerprint density at radius 3 is 2.55 bits per heavy atom. The lowest BCUT2D eigenvalue weighted by Crippen LogP contribution is -2.57. The minimum absolute atomic E-state index is 0.0732. The van der Waals surface area contributed by atoms with E-state index in [1.54, 1.807) is 0 Å². The van der Waals surface area contributed by atoms with E-state index in [0.29, 0.717) is 39.1 Å². The molecule has 1 aliphatic heterocycles. The van der Waals surface area contributed by atoms with Gasteiger partial charge in [0.2, 0.25) is 17.7 Å². The molecule has 2 fully saturated rings. The molecule has 8 nitrogen and oxygen atoms in total. The highest BCUT2D eigenvalue weighted by Crippen LogP contribution is 2.38. The van der Waals surface area contributed by atoms with Crippen LogP contribution in [0.5, 0.6) is 0 Å². The highest BCUT2D eigenvalue weighted by molar-refractivity contribution is 6.04. The molecule has 1 aromatic rings. The van der Waals surface area contributed by atoms with Gasteiger partial charge in [-0.15, -0.1) is 0 Å². The van der Waals surface area contributed by atoms with Crippen LogP contribution in [0.15, 0.2) is 30.3 Å². The van der Waals surface area contributed by atoms with E-state index < -0.39 is 17.2 Å². The quantitative estimate of drug-likeness (QED) is 0.508. The fraction of sp³-hybridized carbons (Fsp3) is 0.609. The normalized spacial score (nSPS) is 21.3. The molecule has 1 aliphatic carbocycles. The van der Waals surface area contributed by atoms with Crippen molar-refractivity contribution in [3.8, 4) is 0 Å². The lowest BCUT2D eigenvalue weighted by molar-refractivity contribution is -0.141. The van der Waals surface area contributed by atoms with E-state index in [1.165, 1.54) is 0 Å². The third kappa shape index (κ3) is 5.25. The Kier molecular flexibility index (Phi) is 8.03. The fourth-order valence-electron chi connectivity index (χ4n) is 4.57. The predicted octanol–water partition coefficient (Wildman–Crippen LogP) is 1.12. The second kappa shape index (κ2) is 10.7. The Morgan fingerprint density at radius 1 is 1.26 bits per heavy atom. The largest absolute Gasteiger partial charge is 0.377 e. The van der Waals surface area contributed by atoms with Crippen molar-refractivity contribution in [3.63, 3.8) is 0 Å². The van der Waals surface area contributed by atoms with Gasteiger partial charge in [0.05, 0.1) is 19.1 Å². The molecule has 0 spiro atoms. The number of benzene rings is 1. The number of amides is 3. The summed E-state index contributed by atoms with van der Waals surface area (Å²) in [4.78, 5) is 40.5. The number of carbonyl (C=O) groups is 3. The van der Waals surface area contributed by atoms with Crippen LogP contribution in [0.2, 0.25) is 0 Å². The smallest absolute Gasteiger partial charge is 0.235 e. The number of ether oxygens (including phenoxy) is 1. The highest BCUT2D eigenvalue weighted by Gasteiger charge is 2.46. The monoisotopic (exact) mass is 430 g/mol. The number of nitrogens with zero attached hydrogens (tertiary/aromatic N) is 1. The van der Waals surface area contributed by atoms with Gasteiger partial charge in [0, 0.05) is 19.6 Å². The topological polar surface area (TPSA) is 114 Å². The first-order chi connectivity index (χ1) is 15.0. The maximum atomic E-state index is 13.7. The molecule has 1 saturated heterocycles.